The van der Waals surface area contributed by atoms with Gasteiger partial charge in [0.15, 0.2) is 0 Å². The maximum absolute atomic E-state index is 13.4. The zero-order chi connectivity index (χ0) is 15.9. The van der Waals surface area contributed by atoms with Gasteiger partial charge in [0.1, 0.15) is 5.82 Å². The van der Waals surface area contributed by atoms with Gasteiger partial charge in [0, 0.05) is 12.7 Å². The molecular formula is C16H15FN2O3. The average Bonchev–Trinajstić information content (AvgIpc) is 2.54. The van der Waals surface area contributed by atoms with Crippen molar-refractivity contribution in [2.75, 3.05) is 7.11 Å². The Morgan fingerprint density at radius 2 is 1.64 bits per heavy atom. The molecule has 0 saturated carbocycles. The van der Waals surface area contributed by atoms with Gasteiger partial charge in [0.05, 0.1) is 12.2 Å². The summed E-state index contributed by atoms with van der Waals surface area (Å²) in [7, 11) is 1.58. The van der Waals surface area contributed by atoms with Crippen LogP contribution in [-0.4, -0.2) is 18.9 Å². The number of ether oxygens (including phenoxy) is 1. The van der Waals surface area contributed by atoms with Crippen LogP contribution in [0.25, 0.3) is 0 Å². The molecule has 0 atom stereocenters. The van der Waals surface area contributed by atoms with E-state index >= 15 is 0 Å². The van der Waals surface area contributed by atoms with Crippen LogP contribution in [0.15, 0.2) is 48.5 Å². The first kappa shape index (κ1) is 15.7. The van der Waals surface area contributed by atoms with E-state index in [1.165, 1.54) is 24.3 Å². The highest BCUT2D eigenvalue weighted by Crippen LogP contribution is 2.06. The van der Waals surface area contributed by atoms with Crippen molar-refractivity contribution in [3.8, 4) is 0 Å². The van der Waals surface area contributed by atoms with Crippen molar-refractivity contribution < 1.29 is 18.7 Å². The Labute approximate surface area is 127 Å². The number of benzene rings is 2. The highest BCUT2D eigenvalue weighted by Gasteiger charge is 2.12. The second-order valence-corrected chi connectivity index (χ2v) is 4.52. The van der Waals surface area contributed by atoms with Crippen LogP contribution in [0, 0.1) is 5.82 Å². The molecule has 0 radical (unpaired) electrons. The molecule has 22 heavy (non-hydrogen) atoms. The number of hydrogen-bond acceptors (Lipinski definition) is 3. The molecule has 2 aromatic carbocycles. The summed E-state index contributed by atoms with van der Waals surface area (Å²) >= 11 is 0. The molecule has 5 nitrogen and oxygen atoms in total. The van der Waals surface area contributed by atoms with E-state index in [9.17, 15) is 14.0 Å². The molecule has 2 amide bonds. The number of hydrazine groups is 1. The number of halogens is 1. The molecular weight excluding hydrogens is 287 g/mol. The molecule has 0 spiro atoms. The Morgan fingerprint density at radius 3 is 2.27 bits per heavy atom. The Morgan fingerprint density at radius 1 is 1.00 bits per heavy atom. The van der Waals surface area contributed by atoms with Crippen LogP contribution in [0.1, 0.15) is 26.3 Å². The van der Waals surface area contributed by atoms with Crippen LogP contribution >= 0.6 is 0 Å². The summed E-state index contributed by atoms with van der Waals surface area (Å²) in [6.45, 7) is 0.450. The van der Waals surface area contributed by atoms with Crippen LogP contribution in [0.4, 0.5) is 4.39 Å². The third kappa shape index (κ3) is 3.89. The Hall–Kier alpha value is -2.73. The molecule has 0 unspecified atom stereocenters. The molecule has 0 aliphatic carbocycles. The van der Waals surface area contributed by atoms with Crippen LogP contribution in [-0.2, 0) is 11.3 Å². The lowest BCUT2D eigenvalue weighted by molar-refractivity contribution is 0.0844. The highest BCUT2D eigenvalue weighted by molar-refractivity contribution is 5.99. The second-order valence-electron chi connectivity index (χ2n) is 4.52. The molecule has 0 aliphatic heterocycles. The lowest BCUT2D eigenvalue weighted by atomic mass is 10.1. The monoisotopic (exact) mass is 302 g/mol. The zero-order valence-electron chi connectivity index (χ0n) is 11.9. The van der Waals surface area contributed by atoms with Gasteiger partial charge in [-0.2, -0.15) is 0 Å². The van der Waals surface area contributed by atoms with Crippen molar-refractivity contribution in [3.05, 3.63) is 71.0 Å². The van der Waals surface area contributed by atoms with Gasteiger partial charge in [-0.1, -0.05) is 24.3 Å². The molecule has 0 aromatic heterocycles. The molecule has 0 bridgehead atoms. The minimum atomic E-state index is -0.720. The summed E-state index contributed by atoms with van der Waals surface area (Å²) in [6, 6.07) is 12.2. The maximum atomic E-state index is 13.4. The van der Waals surface area contributed by atoms with Crippen LogP contribution < -0.4 is 10.9 Å². The fourth-order valence-electron chi connectivity index (χ4n) is 1.82. The van der Waals surface area contributed by atoms with E-state index in [1.54, 1.807) is 31.4 Å². The fourth-order valence-corrected chi connectivity index (χ4v) is 1.82. The van der Waals surface area contributed by atoms with Gasteiger partial charge in [-0.05, 0) is 29.8 Å². The lowest BCUT2D eigenvalue weighted by Gasteiger charge is -2.08. The van der Waals surface area contributed by atoms with E-state index in [2.05, 4.69) is 10.9 Å². The third-order valence-corrected chi connectivity index (χ3v) is 2.94. The highest BCUT2D eigenvalue weighted by atomic mass is 19.1. The Kier molecular flexibility index (Phi) is 5.21. The van der Waals surface area contributed by atoms with Gasteiger partial charge in [0.25, 0.3) is 11.8 Å². The Balaban J connectivity index is 1.95. The maximum Gasteiger partial charge on any atom is 0.272 e. The SMILES string of the molecule is COCc1ccc(C(=O)NNC(=O)c2ccccc2F)cc1. The Bertz CT molecular complexity index is 671. The largest absolute Gasteiger partial charge is 0.380 e. The van der Waals surface area contributed by atoms with E-state index in [-0.39, 0.29) is 5.56 Å². The van der Waals surface area contributed by atoms with Crippen molar-refractivity contribution in [2.45, 2.75) is 6.61 Å². The molecule has 0 aliphatic rings. The third-order valence-electron chi connectivity index (χ3n) is 2.94. The van der Waals surface area contributed by atoms with E-state index in [0.717, 1.165) is 5.56 Å². The fraction of sp³-hybridized carbons (Fsp3) is 0.125. The van der Waals surface area contributed by atoms with Crippen molar-refractivity contribution in [2.24, 2.45) is 0 Å². The van der Waals surface area contributed by atoms with Gasteiger partial charge in [0.2, 0.25) is 0 Å². The van der Waals surface area contributed by atoms with Crippen LogP contribution in [0.5, 0.6) is 0 Å². The second kappa shape index (κ2) is 7.33. The van der Waals surface area contributed by atoms with Gasteiger partial charge < -0.3 is 4.74 Å². The van der Waals surface area contributed by atoms with Crippen molar-refractivity contribution in [3.63, 3.8) is 0 Å². The van der Waals surface area contributed by atoms with Gasteiger partial charge >= 0.3 is 0 Å². The van der Waals surface area contributed by atoms with Crippen LogP contribution in [0.3, 0.4) is 0 Å². The molecule has 0 heterocycles. The van der Waals surface area contributed by atoms with Crippen molar-refractivity contribution in [1.82, 2.24) is 10.9 Å². The lowest BCUT2D eigenvalue weighted by Crippen LogP contribution is -2.41. The normalized spacial score (nSPS) is 10.1. The molecule has 2 N–H and O–H groups in total. The minimum absolute atomic E-state index is 0.141. The first-order valence-corrected chi connectivity index (χ1v) is 6.55. The number of carbonyl (C=O) groups is 2. The minimum Gasteiger partial charge on any atom is -0.380 e. The van der Waals surface area contributed by atoms with Gasteiger partial charge in [-0.15, -0.1) is 0 Å². The number of amides is 2. The number of rotatable bonds is 4. The molecule has 0 fully saturated rings. The van der Waals surface area contributed by atoms with E-state index in [4.69, 9.17) is 4.74 Å². The van der Waals surface area contributed by atoms with Crippen molar-refractivity contribution in [1.29, 1.82) is 0 Å². The summed E-state index contributed by atoms with van der Waals surface area (Å²) < 4.78 is 18.4. The number of nitrogens with one attached hydrogen (secondary N) is 2. The van der Waals surface area contributed by atoms with E-state index in [1.807, 2.05) is 0 Å². The molecule has 6 heteroatoms. The predicted octanol–water partition coefficient (Wildman–Crippen LogP) is 2.05. The molecule has 0 saturated heterocycles. The topological polar surface area (TPSA) is 67.4 Å². The number of carbonyl (C=O) groups excluding carboxylic acids is 2. The molecule has 2 rings (SSSR count). The number of hydrogen-bond donors (Lipinski definition) is 2. The van der Waals surface area contributed by atoms with Crippen LogP contribution in [0.2, 0.25) is 0 Å². The quantitative estimate of drug-likeness (QED) is 0.849. The first-order valence-electron chi connectivity index (χ1n) is 6.55. The van der Waals surface area contributed by atoms with E-state index in [0.29, 0.717) is 12.2 Å². The number of methoxy groups -OCH3 is 1. The van der Waals surface area contributed by atoms with Gasteiger partial charge in [-0.25, -0.2) is 4.39 Å². The smallest absolute Gasteiger partial charge is 0.272 e. The van der Waals surface area contributed by atoms with Gasteiger partial charge in [-0.3, -0.25) is 20.4 Å². The average molecular weight is 302 g/mol. The van der Waals surface area contributed by atoms with E-state index < -0.39 is 17.6 Å². The first-order chi connectivity index (χ1) is 10.6. The van der Waals surface area contributed by atoms with Crippen molar-refractivity contribution >= 4 is 11.8 Å². The summed E-state index contributed by atoms with van der Waals surface area (Å²) in [5.74, 6) is -1.87. The standard InChI is InChI=1S/C16H15FN2O3/c1-22-10-11-6-8-12(9-7-11)15(20)18-19-16(21)13-4-2-3-5-14(13)17/h2-9H,10H2,1H3,(H,18,20)(H,19,21). The zero-order valence-corrected chi connectivity index (χ0v) is 11.9. The summed E-state index contributed by atoms with van der Waals surface area (Å²) in [4.78, 5) is 23.6. The molecule has 114 valence electrons. The predicted molar refractivity (Wildman–Crippen MR) is 78.5 cm³/mol. The summed E-state index contributed by atoms with van der Waals surface area (Å²) in [6.07, 6.45) is 0. The summed E-state index contributed by atoms with van der Waals surface area (Å²) in [5, 5.41) is 0. The molecule has 2 aromatic rings. The summed E-state index contributed by atoms with van der Waals surface area (Å²) in [5.41, 5.74) is 5.57.